The monoisotopic (exact) mass is 472 g/mol. The number of carbonyl (C=O) groups excluding carboxylic acids is 2. The number of aromatic nitrogens is 1. The first kappa shape index (κ1) is 20.9. The number of nitrogens with one attached hydrogen (secondary N) is 2. The summed E-state index contributed by atoms with van der Waals surface area (Å²) in [6, 6.07) is 5.55. The Morgan fingerprint density at radius 1 is 1.22 bits per heavy atom. The molecule has 2 aromatic heterocycles. The number of rotatable bonds is 4. The summed E-state index contributed by atoms with van der Waals surface area (Å²) in [6.07, 6.45) is 0.311. The van der Waals surface area contributed by atoms with Gasteiger partial charge in [-0.2, -0.15) is 11.3 Å². The van der Waals surface area contributed by atoms with Gasteiger partial charge in [0.05, 0.1) is 17.3 Å². The highest BCUT2D eigenvalue weighted by atomic mass is 32.2. The number of amides is 2. The molecule has 0 aliphatic carbocycles. The first-order valence-electron chi connectivity index (χ1n) is 10.00. The molecule has 2 amide bonds. The average Bonchev–Trinajstić information content (AvgIpc) is 3.46. The fourth-order valence-electron chi connectivity index (χ4n) is 4.38. The van der Waals surface area contributed by atoms with Crippen LogP contribution in [0.1, 0.15) is 28.2 Å². The number of fused-ring (bicyclic) bond motifs is 2. The molecule has 2 unspecified atom stereocenters. The van der Waals surface area contributed by atoms with Crippen molar-refractivity contribution in [1.29, 1.82) is 0 Å². The lowest BCUT2D eigenvalue weighted by Crippen LogP contribution is -2.51. The SMILES string of the molecule is Cc1noc(C)c1S(=O)(=O)NC1CCN2C(=O)c3cc(-c4ccsc4)ccc3NC(=O)C12. The summed E-state index contributed by atoms with van der Waals surface area (Å²) in [5.41, 5.74) is 2.91. The molecule has 2 N–H and O–H groups in total. The zero-order valence-corrected chi connectivity index (χ0v) is 18.9. The van der Waals surface area contributed by atoms with Gasteiger partial charge in [0.25, 0.3) is 5.91 Å². The van der Waals surface area contributed by atoms with Crippen molar-refractivity contribution in [2.24, 2.45) is 0 Å². The summed E-state index contributed by atoms with van der Waals surface area (Å²) in [5, 5.41) is 10.4. The first-order chi connectivity index (χ1) is 15.3. The van der Waals surface area contributed by atoms with E-state index in [1.54, 1.807) is 23.5 Å². The summed E-state index contributed by atoms with van der Waals surface area (Å²) in [7, 11) is -3.99. The molecule has 11 heteroatoms. The van der Waals surface area contributed by atoms with E-state index in [1.807, 2.05) is 22.9 Å². The minimum atomic E-state index is -3.99. The fraction of sp³-hybridized carbons (Fsp3) is 0.286. The van der Waals surface area contributed by atoms with Crippen molar-refractivity contribution in [3.8, 4) is 11.1 Å². The quantitative estimate of drug-likeness (QED) is 0.602. The van der Waals surface area contributed by atoms with Gasteiger partial charge in [0.2, 0.25) is 15.9 Å². The predicted molar refractivity (Wildman–Crippen MR) is 118 cm³/mol. The lowest BCUT2D eigenvalue weighted by atomic mass is 10.0. The van der Waals surface area contributed by atoms with Crippen LogP contribution in [0.4, 0.5) is 5.69 Å². The molecule has 0 radical (unpaired) electrons. The van der Waals surface area contributed by atoms with Gasteiger partial charge in [-0.05, 0) is 60.4 Å². The Hall–Kier alpha value is -3.02. The van der Waals surface area contributed by atoms with Crippen molar-refractivity contribution in [1.82, 2.24) is 14.8 Å². The minimum Gasteiger partial charge on any atom is -0.360 e. The number of hydrogen-bond acceptors (Lipinski definition) is 7. The largest absolute Gasteiger partial charge is 0.360 e. The van der Waals surface area contributed by atoms with E-state index in [0.29, 0.717) is 17.7 Å². The lowest BCUT2D eigenvalue weighted by molar-refractivity contribution is -0.120. The molecule has 1 saturated heterocycles. The maximum atomic E-state index is 13.4. The van der Waals surface area contributed by atoms with Crippen LogP contribution >= 0.6 is 11.3 Å². The van der Waals surface area contributed by atoms with E-state index >= 15 is 0 Å². The first-order valence-corrected chi connectivity index (χ1v) is 12.4. The van der Waals surface area contributed by atoms with Crippen molar-refractivity contribution in [3.63, 3.8) is 0 Å². The molecule has 0 bridgehead atoms. The summed E-state index contributed by atoms with van der Waals surface area (Å²) in [5.74, 6) is -0.566. The van der Waals surface area contributed by atoms with Gasteiger partial charge < -0.3 is 14.7 Å². The zero-order chi connectivity index (χ0) is 22.6. The molecule has 166 valence electrons. The molecular weight excluding hydrogens is 452 g/mol. The van der Waals surface area contributed by atoms with Crippen molar-refractivity contribution in [3.05, 3.63) is 52.0 Å². The molecule has 9 nitrogen and oxygen atoms in total. The average molecular weight is 473 g/mol. The number of anilines is 1. The Kier molecular flexibility index (Phi) is 4.91. The Labute approximate surface area is 188 Å². The van der Waals surface area contributed by atoms with Gasteiger partial charge in [0.1, 0.15) is 16.6 Å². The lowest BCUT2D eigenvalue weighted by Gasteiger charge is -2.24. The van der Waals surface area contributed by atoms with Crippen molar-refractivity contribution in [2.45, 2.75) is 37.2 Å². The highest BCUT2D eigenvalue weighted by Crippen LogP contribution is 2.33. The van der Waals surface area contributed by atoms with Gasteiger partial charge in [0, 0.05) is 6.54 Å². The van der Waals surface area contributed by atoms with Crippen LogP contribution in [0.15, 0.2) is 44.4 Å². The van der Waals surface area contributed by atoms with Crippen LogP contribution in [0.2, 0.25) is 0 Å². The number of hydrogen-bond donors (Lipinski definition) is 2. The minimum absolute atomic E-state index is 0.0417. The normalized spacial score (nSPS) is 20.6. The van der Waals surface area contributed by atoms with E-state index < -0.39 is 28.0 Å². The third kappa shape index (κ3) is 3.33. The van der Waals surface area contributed by atoms with E-state index in [4.69, 9.17) is 4.52 Å². The molecule has 1 aromatic carbocycles. The second-order valence-electron chi connectivity index (χ2n) is 7.87. The van der Waals surface area contributed by atoms with Crippen LogP contribution in [-0.2, 0) is 14.8 Å². The van der Waals surface area contributed by atoms with Crippen LogP contribution in [0, 0.1) is 13.8 Å². The Bertz CT molecular complexity index is 1310. The molecule has 1 fully saturated rings. The Morgan fingerprint density at radius 3 is 2.72 bits per heavy atom. The molecule has 4 heterocycles. The van der Waals surface area contributed by atoms with E-state index in [9.17, 15) is 18.0 Å². The van der Waals surface area contributed by atoms with Gasteiger partial charge in [-0.15, -0.1) is 0 Å². The maximum absolute atomic E-state index is 13.4. The molecular formula is C21H20N4O5S2. The maximum Gasteiger partial charge on any atom is 0.256 e. The Balaban J connectivity index is 1.47. The van der Waals surface area contributed by atoms with Crippen LogP contribution < -0.4 is 10.0 Å². The van der Waals surface area contributed by atoms with Crippen LogP contribution in [-0.4, -0.2) is 48.9 Å². The molecule has 0 spiro atoms. The standard InChI is InChI=1S/C21H20N4O5S2/c1-11-19(12(2)30-23-11)32(28,29)24-17-5-7-25-18(17)20(26)22-16-4-3-13(9-15(16)21(25)27)14-6-8-31-10-14/h3-4,6,8-10,17-18,24H,5,7H2,1-2H3,(H,22,26). The van der Waals surface area contributed by atoms with Crippen LogP contribution in [0.25, 0.3) is 11.1 Å². The smallest absolute Gasteiger partial charge is 0.256 e. The van der Waals surface area contributed by atoms with Crippen molar-refractivity contribution in [2.75, 3.05) is 11.9 Å². The number of carbonyl (C=O) groups is 2. The summed E-state index contributed by atoms with van der Waals surface area (Å²) < 4.78 is 33.6. The van der Waals surface area contributed by atoms with E-state index in [0.717, 1.165) is 11.1 Å². The number of thiophene rings is 1. The van der Waals surface area contributed by atoms with Gasteiger partial charge in [0.15, 0.2) is 5.76 Å². The van der Waals surface area contributed by atoms with Gasteiger partial charge >= 0.3 is 0 Å². The summed E-state index contributed by atoms with van der Waals surface area (Å²) in [4.78, 5) is 27.8. The number of sulfonamides is 1. The fourth-order valence-corrected chi connectivity index (χ4v) is 6.65. The molecule has 0 saturated carbocycles. The summed E-state index contributed by atoms with van der Waals surface area (Å²) in [6.45, 7) is 3.31. The highest BCUT2D eigenvalue weighted by molar-refractivity contribution is 7.89. The predicted octanol–water partition coefficient (Wildman–Crippen LogP) is 2.53. The molecule has 2 aliphatic rings. The highest BCUT2D eigenvalue weighted by Gasteiger charge is 2.46. The third-order valence-corrected chi connectivity index (χ3v) is 8.25. The third-order valence-electron chi connectivity index (χ3n) is 5.83. The van der Waals surface area contributed by atoms with Gasteiger partial charge in [-0.1, -0.05) is 11.2 Å². The molecule has 3 aromatic rings. The van der Waals surface area contributed by atoms with Crippen molar-refractivity contribution >= 4 is 38.9 Å². The van der Waals surface area contributed by atoms with Crippen LogP contribution in [0.3, 0.4) is 0 Å². The molecule has 2 aliphatic heterocycles. The van der Waals surface area contributed by atoms with E-state index in [-0.39, 0.29) is 28.8 Å². The molecule has 2 atom stereocenters. The second kappa shape index (κ2) is 7.54. The number of benzene rings is 1. The van der Waals surface area contributed by atoms with E-state index in [2.05, 4.69) is 15.2 Å². The van der Waals surface area contributed by atoms with Crippen LogP contribution in [0.5, 0.6) is 0 Å². The van der Waals surface area contributed by atoms with Gasteiger partial charge in [-0.25, -0.2) is 13.1 Å². The topological polar surface area (TPSA) is 122 Å². The summed E-state index contributed by atoms with van der Waals surface area (Å²) >= 11 is 1.56. The Morgan fingerprint density at radius 2 is 2.03 bits per heavy atom. The molecule has 5 rings (SSSR count). The number of nitrogens with zero attached hydrogens (tertiary/aromatic N) is 2. The number of aryl methyl sites for hydroxylation is 2. The van der Waals surface area contributed by atoms with Crippen molar-refractivity contribution < 1.29 is 22.5 Å². The van der Waals surface area contributed by atoms with Gasteiger partial charge in [-0.3, -0.25) is 9.59 Å². The van der Waals surface area contributed by atoms with E-state index in [1.165, 1.54) is 18.7 Å². The molecule has 32 heavy (non-hydrogen) atoms. The second-order valence-corrected chi connectivity index (χ2v) is 10.3. The zero-order valence-electron chi connectivity index (χ0n) is 17.3.